The number of amides is 1. The minimum Gasteiger partial charge on any atom is -0.482 e. The minimum atomic E-state index is -0.458. The predicted molar refractivity (Wildman–Crippen MR) is 89.9 cm³/mol. The van der Waals surface area contributed by atoms with E-state index in [0.717, 1.165) is 16.3 Å². The molecule has 4 nitrogen and oxygen atoms in total. The maximum Gasteiger partial charge on any atom is 0.266 e. The van der Waals surface area contributed by atoms with Gasteiger partial charge in [0.25, 0.3) is 5.91 Å². The van der Waals surface area contributed by atoms with E-state index in [0.29, 0.717) is 5.13 Å². The van der Waals surface area contributed by atoms with Crippen LogP contribution in [0.15, 0.2) is 42.5 Å². The van der Waals surface area contributed by atoms with Crippen LogP contribution in [0.5, 0.6) is 5.75 Å². The molecular formula is C16H12ClFN2O2S. The Morgan fingerprint density at radius 2 is 2.13 bits per heavy atom. The Hall–Kier alpha value is -2.18. The molecule has 7 heteroatoms. The number of carbonyl (C=O) groups excluding carboxylic acids is 1. The summed E-state index contributed by atoms with van der Waals surface area (Å²) in [7, 11) is 1.63. The second kappa shape index (κ2) is 6.52. The highest BCUT2D eigenvalue weighted by molar-refractivity contribution is 7.22. The van der Waals surface area contributed by atoms with Crippen molar-refractivity contribution in [3.63, 3.8) is 0 Å². The van der Waals surface area contributed by atoms with Crippen LogP contribution in [0, 0.1) is 5.82 Å². The molecule has 1 heterocycles. The molecule has 0 aliphatic carbocycles. The molecular weight excluding hydrogens is 339 g/mol. The summed E-state index contributed by atoms with van der Waals surface area (Å²) in [4.78, 5) is 18.1. The molecule has 0 bridgehead atoms. The number of thiazole rings is 1. The lowest BCUT2D eigenvalue weighted by molar-refractivity contribution is -0.120. The van der Waals surface area contributed by atoms with E-state index >= 15 is 0 Å². The number of rotatable bonds is 4. The van der Waals surface area contributed by atoms with E-state index in [9.17, 15) is 9.18 Å². The standard InChI is InChI=1S/C16H12ClFN2O2S/c1-20(16-19-12-4-2-3-5-14(12)23-16)15(21)9-22-13-7-6-10(18)8-11(13)17/h2-8H,9H2,1H3. The zero-order chi connectivity index (χ0) is 16.4. The number of ether oxygens (including phenoxy) is 1. The van der Waals surface area contributed by atoms with Gasteiger partial charge in [0, 0.05) is 7.05 Å². The highest BCUT2D eigenvalue weighted by Crippen LogP contribution is 2.28. The summed E-state index contributed by atoms with van der Waals surface area (Å²) in [6.45, 7) is -0.211. The first-order chi connectivity index (χ1) is 11.0. The number of aromatic nitrogens is 1. The van der Waals surface area contributed by atoms with Crippen LogP contribution >= 0.6 is 22.9 Å². The summed E-state index contributed by atoms with van der Waals surface area (Å²) in [5.74, 6) is -0.469. The normalized spacial score (nSPS) is 10.7. The number of halogens is 2. The van der Waals surface area contributed by atoms with Gasteiger partial charge in [-0.05, 0) is 30.3 Å². The summed E-state index contributed by atoms with van der Waals surface area (Å²) >= 11 is 7.29. The van der Waals surface area contributed by atoms with Crippen molar-refractivity contribution >= 4 is 44.2 Å². The number of hydrogen-bond donors (Lipinski definition) is 0. The summed E-state index contributed by atoms with van der Waals surface area (Å²) in [5, 5.41) is 0.713. The van der Waals surface area contributed by atoms with E-state index < -0.39 is 5.82 Å². The first kappa shape index (κ1) is 15.7. The third kappa shape index (κ3) is 3.43. The van der Waals surface area contributed by atoms with Crippen LogP contribution < -0.4 is 9.64 Å². The van der Waals surface area contributed by atoms with Crippen molar-refractivity contribution < 1.29 is 13.9 Å². The molecule has 2 aromatic carbocycles. The average molecular weight is 351 g/mol. The van der Waals surface area contributed by atoms with E-state index in [2.05, 4.69) is 4.98 Å². The molecule has 0 N–H and O–H groups in total. The van der Waals surface area contributed by atoms with Gasteiger partial charge in [-0.15, -0.1) is 0 Å². The van der Waals surface area contributed by atoms with Crippen molar-refractivity contribution in [3.8, 4) is 5.75 Å². The van der Waals surface area contributed by atoms with Crippen molar-refractivity contribution in [2.75, 3.05) is 18.6 Å². The molecule has 3 aromatic rings. The van der Waals surface area contributed by atoms with Gasteiger partial charge in [0.2, 0.25) is 0 Å². The van der Waals surface area contributed by atoms with Crippen molar-refractivity contribution in [1.82, 2.24) is 4.98 Å². The minimum absolute atomic E-state index is 0.125. The Morgan fingerprint density at radius 3 is 2.87 bits per heavy atom. The van der Waals surface area contributed by atoms with Crippen LogP contribution in [-0.4, -0.2) is 24.5 Å². The molecule has 0 saturated carbocycles. The van der Waals surface area contributed by atoms with Gasteiger partial charge in [-0.2, -0.15) is 0 Å². The molecule has 0 spiro atoms. The fraction of sp³-hybridized carbons (Fsp3) is 0.125. The second-order valence-corrected chi connectivity index (χ2v) is 6.20. The zero-order valence-corrected chi connectivity index (χ0v) is 13.7. The highest BCUT2D eigenvalue weighted by atomic mass is 35.5. The Labute approximate surface area is 141 Å². The van der Waals surface area contributed by atoms with Crippen LogP contribution in [-0.2, 0) is 4.79 Å². The number of carbonyl (C=O) groups is 1. The molecule has 23 heavy (non-hydrogen) atoms. The molecule has 0 atom stereocenters. The number of para-hydroxylation sites is 1. The fourth-order valence-electron chi connectivity index (χ4n) is 1.94. The van der Waals surface area contributed by atoms with Crippen molar-refractivity contribution in [2.45, 2.75) is 0 Å². The summed E-state index contributed by atoms with van der Waals surface area (Å²) in [6, 6.07) is 11.4. The van der Waals surface area contributed by atoms with E-state index in [1.807, 2.05) is 24.3 Å². The summed E-state index contributed by atoms with van der Waals surface area (Å²) in [6.07, 6.45) is 0. The first-order valence-corrected chi connectivity index (χ1v) is 7.94. The Balaban J connectivity index is 1.69. The summed E-state index contributed by atoms with van der Waals surface area (Å²) < 4.78 is 19.3. The molecule has 3 rings (SSSR count). The van der Waals surface area contributed by atoms with E-state index in [1.54, 1.807) is 7.05 Å². The van der Waals surface area contributed by atoms with Gasteiger partial charge in [-0.3, -0.25) is 9.69 Å². The molecule has 0 aliphatic heterocycles. The number of likely N-dealkylation sites (N-methyl/N-ethyl adjacent to an activating group) is 1. The van der Waals surface area contributed by atoms with Crippen LogP contribution in [0.1, 0.15) is 0 Å². The van der Waals surface area contributed by atoms with Crippen LogP contribution in [0.25, 0.3) is 10.2 Å². The molecule has 0 aliphatic rings. The number of anilines is 1. The highest BCUT2D eigenvalue weighted by Gasteiger charge is 2.16. The van der Waals surface area contributed by atoms with Crippen molar-refractivity contribution in [3.05, 3.63) is 53.3 Å². The molecule has 0 unspecified atom stereocenters. The van der Waals surface area contributed by atoms with Gasteiger partial charge in [-0.25, -0.2) is 9.37 Å². The lowest BCUT2D eigenvalue weighted by Crippen LogP contribution is -2.31. The lowest BCUT2D eigenvalue weighted by atomic mass is 10.3. The second-order valence-electron chi connectivity index (χ2n) is 4.78. The zero-order valence-electron chi connectivity index (χ0n) is 12.1. The van der Waals surface area contributed by atoms with E-state index in [-0.39, 0.29) is 23.3 Å². The molecule has 118 valence electrons. The Morgan fingerprint density at radius 1 is 1.35 bits per heavy atom. The summed E-state index contributed by atoms with van der Waals surface area (Å²) in [5.41, 5.74) is 0.842. The van der Waals surface area contributed by atoms with Gasteiger partial charge in [0.05, 0.1) is 15.2 Å². The SMILES string of the molecule is CN(C(=O)COc1ccc(F)cc1Cl)c1nc2ccccc2s1. The van der Waals surface area contributed by atoms with Crippen molar-refractivity contribution in [1.29, 1.82) is 0 Å². The first-order valence-electron chi connectivity index (χ1n) is 6.74. The quantitative estimate of drug-likeness (QED) is 0.710. The van der Waals surface area contributed by atoms with Crippen LogP contribution in [0.2, 0.25) is 5.02 Å². The monoisotopic (exact) mass is 350 g/mol. The maximum absolute atomic E-state index is 13.0. The predicted octanol–water partition coefficient (Wildman–Crippen LogP) is 4.13. The third-order valence-corrected chi connectivity index (χ3v) is 4.60. The maximum atomic E-state index is 13.0. The number of benzene rings is 2. The molecule has 0 saturated heterocycles. The fourth-order valence-corrected chi connectivity index (χ4v) is 3.10. The topological polar surface area (TPSA) is 42.4 Å². The number of hydrogen-bond acceptors (Lipinski definition) is 4. The van der Waals surface area contributed by atoms with Gasteiger partial charge >= 0.3 is 0 Å². The van der Waals surface area contributed by atoms with Gasteiger partial charge in [-0.1, -0.05) is 35.1 Å². The van der Waals surface area contributed by atoms with Gasteiger partial charge in [0.15, 0.2) is 11.7 Å². The average Bonchev–Trinajstić information content (AvgIpc) is 2.97. The lowest BCUT2D eigenvalue weighted by Gasteiger charge is -2.14. The van der Waals surface area contributed by atoms with Crippen LogP contribution in [0.3, 0.4) is 0 Å². The Kier molecular flexibility index (Phi) is 4.45. The van der Waals surface area contributed by atoms with Crippen molar-refractivity contribution in [2.24, 2.45) is 0 Å². The molecule has 1 aromatic heterocycles. The number of nitrogens with zero attached hydrogens (tertiary/aromatic N) is 2. The van der Waals surface area contributed by atoms with E-state index in [1.165, 1.54) is 28.4 Å². The van der Waals surface area contributed by atoms with Gasteiger partial charge in [0.1, 0.15) is 11.6 Å². The Bertz CT molecular complexity index is 835. The van der Waals surface area contributed by atoms with E-state index in [4.69, 9.17) is 16.3 Å². The van der Waals surface area contributed by atoms with Crippen LogP contribution in [0.4, 0.5) is 9.52 Å². The third-order valence-electron chi connectivity index (χ3n) is 3.19. The molecule has 1 amide bonds. The smallest absolute Gasteiger partial charge is 0.266 e. The molecule has 0 fully saturated rings. The van der Waals surface area contributed by atoms with Gasteiger partial charge < -0.3 is 4.74 Å². The largest absolute Gasteiger partial charge is 0.482 e. The number of fused-ring (bicyclic) bond motifs is 1. The molecule has 0 radical (unpaired) electrons.